The molecule has 1 aliphatic heterocycles. The second-order valence-corrected chi connectivity index (χ2v) is 7.39. The highest BCUT2D eigenvalue weighted by Crippen LogP contribution is 2.35. The topological polar surface area (TPSA) is 32.8 Å². The Morgan fingerprint density at radius 2 is 1.67 bits per heavy atom. The van der Waals surface area contributed by atoms with Gasteiger partial charge in [-0.3, -0.25) is 9.69 Å². The van der Waals surface area contributed by atoms with Crippen molar-refractivity contribution >= 4 is 11.5 Å². The number of carbonyl (C=O) groups excluding carboxylic acids is 1. The number of ketones is 1. The van der Waals surface area contributed by atoms with Crippen molar-refractivity contribution in [2.24, 2.45) is 0 Å². The first kappa shape index (κ1) is 19.6. The first-order chi connectivity index (χ1) is 13.1. The number of ether oxygens (including phenoxy) is 1. The van der Waals surface area contributed by atoms with E-state index < -0.39 is 0 Å². The zero-order valence-corrected chi connectivity index (χ0v) is 16.6. The summed E-state index contributed by atoms with van der Waals surface area (Å²) in [5.74, 6) is 0.183. The standard InChI is InChI=1S/C23H30N2O2/c1-4-23(24(2)3,20-8-6-5-7-9-20)18-22(26)19-10-12-21(13-11-19)25-14-16-27-17-15-25/h5-13H,4,14-18H2,1-3H3. The summed E-state index contributed by atoms with van der Waals surface area (Å²) >= 11 is 0. The Balaban J connectivity index is 1.79. The number of rotatable bonds is 7. The van der Waals surface area contributed by atoms with Gasteiger partial charge in [-0.2, -0.15) is 0 Å². The molecule has 4 heteroatoms. The Bertz CT molecular complexity index is 737. The minimum Gasteiger partial charge on any atom is -0.378 e. The summed E-state index contributed by atoms with van der Waals surface area (Å²) in [5.41, 5.74) is 2.84. The van der Waals surface area contributed by atoms with Crippen molar-refractivity contribution in [3.63, 3.8) is 0 Å². The first-order valence-corrected chi connectivity index (χ1v) is 9.76. The van der Waals surface area contributed by atoms with Gasteiger partial charge < -0.3 is 9.64 Å². The zero-order chi connectivity index (χ0) is 19.3. The Kier molecular flexibility index (Phi) is 6.30. The van der Waals surface area contributed by atoms with Crippen LogP contribution < -0.4 is 4.90 Å². The molecule has 0 bridgehead atoms. The minimum atomic E-state index is -0.290. The van der Waals surface area contributed by atoms with Gasteiger partial charge in [-0.15, -0.1) is 0 Å². The molecule has 1 heterocycles. The number of carbonyl (C=O) groups is 1. The van der Waals surface area contributed by atoms with Crippen molar-refractivity contribution in [3.8, 4) is 0 Å². The zero-order valence-electron chi connectivity index (χ0n) is 16.6. The molecule has 0 amide bonds. The van der Waals surface area contributed by atoms with E-state index in [4.69, 9.17) is 4.74 Å². The van der Waals surface area contributed by atoms with E-state index in [1.807, 2.05) is 30.3 Å². The van der Waals surface area contributed by atoms with E-state index in [0.717, 1.165) is 44.0 Å². The number of Topliss-reactive ketones (excluding diaryl/α,β-unsaturated/α-hetero) is 1. The first-order valence-electron chi connectivity index (χ1n) is 9.76. The lowest BCUT2D eigenvalue weighted by Gasteiger charge is -2.39. The predicted octanol–water partition coefficient (Wildman–Crippen LogP) is 3.96. The number of hydrogen-bond acceptors (Lipinski definition) is 4. The van der Waals surface area contributed by atoms with Crippen LogP contribution in [0.25, 0.3) is 0 Å². The van der Waals surface area contributed by atoms with Crippen molar-refractivity contribution in [2.75, 3.05) is 45.3 Å². The lowest BCUT2D eigenvalue weighted by Crippen LogP contribution is -2.42. The van der Waals surface area contributed by atoms with Gasteiger partial charge in [-0.25, -0.2) is 0 Å². The van der Waals surface area contributed by atoms with E-state index in [2.05, 4.69) is 55.1 Å². The molecule has 0 aliphatic carbocycles. The Hall–Kier alpha value is -2.17. The molecular weight excluding hydrogens is 336 g/mol. The molecule has 0 N–H and O–H groups in total. The molecule has 1 unspecified atom stereocenters. The maximum absolute atomic E-state index is 13.1. The Labute approximate surface area is 162 Å². The van der Waals surface area contributed by atoms with Crippen LogP contribution >= 0.6 is 0 Å². The average Bonchev–Trinajstić information content (AvgIpc) is 2.73. The van der Waals surface area contributed by atoms with Gasteiger partial charge in [0.25, 0.3) is 0 Å². The fraction of sp³-hybridized carbons (Fsp3) is 0.435. The molecule has 2 aromatic rings. The van der Waals surface area contributed by atoms with E-state index in [1.54, 1.807) is 0 Å². The molecule has 0 radical (unpaired) electrons. The fourth-order valence-corrected chi connectivity index (χ4v) is 3.96. The van der Waals surface area contributed by atoms with Gasteiger partial charge in [0, 0.05) is 30.8 Å². The monoisotopic (exact) mass is 366 g/mol. The van der Waals surface area contributed by atoms with E-state index in [1.165, 1.54) is 5.56 Å². The highest BCUT2D eigenvalue weighted by atomic mass is 16.5. The second-order valence-electron chi connectivity index (χ2n) is 7.39. The maximum Gasteiger partial charge on any atom is 0.165 e. The van der Waals surface area contributed by atoms with Crippen LogP contribution in [0.1, 0.15) is 35.7 Å². The van der Waals surface area contributed by atoms with Gasteiger partial charge in [-0.1, -0.05) is 37.3 Å². The molecule has 27 heavy (non-hydrogen) atoms. The van der Waals surface area contributed by atoms with Crippen LogP contribution in [0, 0.1) is 0 Å². The molecular formula is C23H30N2O2. The van der Waals surface area contributed by atoms with Gasteiger partial charge in [0.2, 0.25) is 0 Å². The molecule has 3 rings (SSSR count). The van der Waals surface area contributed by atoms with Crippen molar-refractivity contribution in [1.82, 2.24) is 4.90 Å². The Morgan fingerprint density at radius 3 is 2.22 bits per heavy atom. The third-order valence-corrected chi connectivity index (χ3v) is 5.77. The van der Waals surface area contributed by atoms with Gasteiger partial charge >= 0.3 is 0 Å². The van der Waals surface area contributed by atoms with Gasteiger partial charge in [0.05, 0.1) is 18.8 Å². The maximum atomic E-state index is 13.1. The van der Waals surface area contributed by atoms with Crippen LogP contribution in [0.15, 0.2) is 54.6 Å². The summed E-state index contributed by atoms with van der Waals surface area (Å²) in [6.45, 7) is 5.49. The van der Waals surface area contributed by atoms with Crippen LogP contribution in [0.3, 0.4) is 0 Å². The average molecular weight is 367 g/mol. The van der Waals surface area contributed by atoms with Crippen LogP contribution in [0.5, 0.6) is 0 Å². The van der Waals surface area contributed by atoms with E-state index in [0.29, 0.717) is 6.42 Å². The third-order valence-electron chi connectivity index (χ3n) is 5.77. The fourth-order valence-electron chi connectivity index (χ4n) is 3.96. The molecule has 1 atom stereocenters. The largest absolute Gasteiger partial charge is 0.378 e. The van der Waals surface area contributed by atoms with Crippen molar-refractivity contribution in [3.05, 3.63) is 65.7 Å². The highest BCUT2D eigenvalue weighted by molar-refractivity contribution is 5.97. The number of morpholine rings is 1. The predicted molar refractivity (Wildman–Crippen MR) is 111 cm³/mol. The highest BCUT2D eigenvalue weighted by Gasteiger charge is 2.35. The van der Waals surface area contributed by atoms with Gasteiger partial charge in [0.15, 0.2) is 5.78 Å². The molecule has 144 valence electrons. The second kappa shape index (κ2) is 8.68. The van der Waals surface area contributed by atoms with Crippen molar-refractivity contribution < 1.29 is 9.53 Å². The Morgan fingerprint density at radius 1 is 1.04 bits per heavy atom. The lowest BCUT2D eigenvalue weighted by atomic mass is 9.80. The van der Waals surface area contributed by atoms with Gasteiger partial charge in [0.1, 0.15) is 0 Å². The van der Waals surface area contributed by atoms with Crippen molar-refractivity contribution in [1.29, 1.82) is 0 Å². The molecule has 1 saturated heterocycles. The molecule has 0 spiro atoms. The molecule has 4 nitrogen and oxygen atoms in total. The number of hydrogen-bond donors (Lipinski definition) is 0. The summed E-state index contributed by atoms with van der Waals surface area (Å²) in [6, 6.07) is 18.4. The molecule has 0 saturated carbocycles. The smallest absolute Gasteiger partial charge is 0.165 e. The SMILES string of the molecule is CCC(CC(=O)c1ccc(N2CCOCC2)cc1)(c1ccccc1)N(C)C. The van der Waals surface area contributed by atoms with Crippen LogP contribution in [-0.4, -0.2) is 51.1 Å². The molecule has 0 aromatic heterocycles. The minimum absolute atomic E-state index is 0.183. The number of nitrogens with zero attached hydrogens (tertiary/aromatic N) is 2. The summed E-state index contributed by atoms with van der Waals surface area (Å²) in [5, 5.41) is 0. The van der Waals surface area contributed by atoms with Crippen LogP contribution in [0.4, 0.5) is 5.69 Å². The summed E-state index contributed by atoms with van der Waals surface area (Å²) in [7, 11) is 4.12. The van der Waals surface area contributed by atoms with E-state index in [-0.39, 0.29) is 11.3 Å². The normalized spacial score (nSPS) is 17.0. The molecule has 1 fully saturated rings. The summed E-state index contributed by atoms with van der Waals surface area (Å²) in [6.07, 6.45) is 1.35. The quantitative estimate of drug-likeness (QED) is 0.695. The summed E-state index contributed by atoms with van der Waals surface area (Å²) in [4.78, 5) is 17.6. The van der Waals surface area contributed by atoms with Crippen LogP contribution in [-0.2, 0) is 10.3 Å². The van der Waals surface area contributed by atoms with Gasteiger partial charge in [-0.05, 0) is 50.3 Å². The lowest BCUT2D eigenvalue weighted by molar-refractivity contribution is 0.0804. The third kappa shape index (κ3) is 4.23. The molecule has 2 aromatic carbocycles. The van der Waals surface area contributed by atoms with E-state index in [9.17, 15) is 4.79 Å². The van der Waals surface area contributed by atoms with Crippen molar-refractivity contribution in [2.45, 2.75) is 25.3 Å². The van der Waals surface area contributed by atoms with E-state index >= 15 is 0 Å². The number of benzene rings is 2. The number of anilines is 1. The summed E-state index contributed by atoms with van der Waals surface area (Å²) < 4.78 is 5.41. The van der Waals surface area contributed by atoms with Crippen LogP contribution in [0.2, 0.25) is 0 Å². The molecule has 1 aliphatic rings.